The second-order valence-corrected chi connectivity index (χ2v) is 31.9. The van der Waals surface area contributed by atoms with Crippen LogP contribution in [0.25, 0.3) is 0 Å². The van der Waals surface area contributed by atoms with Gasteiger partial charge >= 0.3 is 44.2 Å². The summed E-state index contributed by atoms with van der Waals surface area (Å²) in [6, 6.07) is 0.0759. The van der Waals surface area contributed by atoms with Crippen LogP contribution < -0.4 is 0 Å². The topological polar surface area (TPSA) is 46.2 Å². The summed E-state index contributed by atoms with van der Waals surface area (Å²) in [5.74, 6) is 0. The molecule has 0 amide bonds. The van der Waals surface area contributed by atoms with Gasteiger partial charge in [0.05, 0.1) is 0 Å². The Balaban J connectivity index is 0.000000617. The van der Waals surface area contributed by atoms with Gasteiger partial charge in [-0.05, 0) is 82.3 Å². The van der Waals surface area contributed by atoms with Gasteiger partial charge in [-0.15, -0.1) is 6.58 Å². The van der Waals surface area contributed by atoms with E-state index in [9.17, 15) is 39.5 Å². The minimum Gasteiger partial charge on any atom is -0.436 e. The molecule has 0 N–H and O–H groups in total. The minimum atomic E-state index is -4.56. The Bertz CT molecular complexity index is 858. The Labute approximate surface area is 261 Å². The van der Waals surface area contributed by atoms with Crippen LogP contribution in [-0.2, 0) is 21.2 Å². The normalized spacial score (nSPS) is 32.9. The Kier molecular flexibility index (Phi) is 15.7. The van der Waals surface area contributed by atoms with Gasteiger partial charge in [-0.3, -0.25) is 0 Å². The summed E-state index contributed by atoms with van der Waals surface area (Å²) in [7, 11) is -14.0. The minimum absolute atomic E-state index is 0.0497. The second kappa shape index (κ2) is 16.4. The fourth-order valence-corrected chi connectivity index (χ4v) is 27.2. The van der Waals surface area contributed by atoms with E-state index in [-0.39, 0.29) is 18.7 Å². The zero-order chi connectivity index (χ0) is 34.1. The zero-order valence-electron chi connectivity index (χ0n) is 26.6. The molecule has 2 aliphatic rings. The lowest BCUT2D eigenvalue weighted by Gasteiger charge is -2.44. The Morgan fingerprint density at radius 2 is 1.02 bits per heavy atom. The molecule has 0 spiro atoms. The highest BCUT2D eigenvalue weighted by Gasteiger charge is 2.51. The van der Waals surface area contributed by atoms with Gasteiger partial charge in [0, 0.05) is 32.5 Å². The van der Waals surface area contributed by atoms with Gasteiger partial charge in [0.25, 0.3) is 0 Å². The lowest BCUT2D eigenvalue weighted by atomic mass is 10.4. The highest BCUT2D eigenvalue weighted by atomic mass is 28.5. The van der Waals surface area contributed by atoms with Crippen molar-refractivity contribution in [1.29, 1.82) is 0 Å². The molecule has 4 atom stereocenters. The molecule has 0 radical (unpaired) electrons. The van der Waals surface area contributed by atoms with Gasteiger partial charge in [-0.25, -0.2) is 0 Å². The lowest BCUT2D eigenvalue weighted by Crippen LogP contribution is -2.58. The van der Waals surface area contributed by atoms with Gasteiger partial charge < -0.3 is 21.2 Å². The van der Waals surface area contributed by atoms with Crippen molar-refractivity contribution >= 4 is 42.3 Å². The van der Waals surface area contributed by atoms with Crippen LogP contribution in [0.1, 0.15) is 44.9 Å². The monoisotopic (exact) mass is 740 g/mol. The van der Waals surface area contributed by atoms with Crippen LogP contribution in [0.2, 0.25) is 69.5 Å². The maximum absolute atomic E-state index is 12.9. The largest absolute Gasteiger partial charge is 0.436 e. The molecule has 5 nitrogen and oxygen atoms in total. The van der Waals surface area contributed by atoms with Gasteiger partial charge in [-0.2, -0.15) is 39.5 Å². The summed E-state index contributed by atoms with van der Waals surface area (Å²) in [4.78, 5) is 0. The van der Waals surface area contributed by atoms with E-state index in [1.54, 1.807) is 0 Å². The first-order valence-electron chi connectivity index (χ1n) is 14.9. The molecule has 2 rings (SSSR count). The Hall–Kier alpha value is -0.00558. The maximum Gasteiger partial charge on any atom is 0.389 e. The van der Waals surface area contributed by atoms with Crippen molar-refractivity contribution in [3.63, 3.8) is 0 Å². The molecule has 0 aromatic rings. The number of rotatable bonds is 7. The van der Waals surface area contributed by atoms with Crippen molar-refractivity contribution in [2.45, 2.75) is 133 Å². The number of hydrogen-bond acceptors (Lipinski definition) is 5. The summed E-state index contributed by atoms with van der Waals surface area (Å²) in [6.45, 7) is 15.6. The molecule has 0 aromatic carbocycles. The van der Waals surface area contributed by atoms with Gasteiger partial charge in [0.15, 0.2) is 16.6 Å². The van der Waals surface area contributed by atoms with Crippen molar-refractivity contribution < 1.29 is 60.7 Å². The van der Waals surface area contributed by atoms with Crippen molar-refractivity contribution in [3.05, 3.63) is 12.3 Å². The molecular formula is C25H49F9O5Si5. The molecule has 2 aliphatic heterocycles. The van der Waals surface area contributed by atoms with Gasteiger partial charge in [0.1, 0.15) is 0 Å². The van der Waals surface area contributed by atoms with Crippen LogP contribution in [0.3, 0.4) is 0 Å². The molecule has 0 bridgehead atoms. The molecule has 19 heteroatoms. The summed E-state index contributed by atoms with van der Waals surface area (Å²) >= 11 is 0. The molecule has 0 aliphatic carbocycles. The van der Waals surface area contributed by atoms with Crippen molar-refractivity contribution in [1.82, 2.24) is 0 Å². The standard InChI is InChI=1S/C16H29F9O3Si3.C9H20O2Si2/c1-29(11-6-14(17,18)19)10-5-4-9-26-30(2,12-7-15(20,21)22)28-31(3,27-29)13-8-16(23,24)25;1-5-13(4)10-8-6-7-9-12(2,3)11-13/h4-13H2,1-3H3;5H,1,6-9H2,2-4H3. The molecule has 4 unspecified atom stereocenters. The second-order valence-electron chi connectivity index (χ2n) is 13.0. The molecule has 44 heavy (non-hydrogen) atoms. The summed E-state index contributed by atoms with van der Waals surface area (Å²) in [5.41, 5.74) is 1.91. The van der Waals surface area contributed by atoms with E-state index >= 15 is 0 Å². The fourth-order valence-electron chi connectivity index (χ4n) is 5.17. The molecule has 0 aromatic heterocycles. The summed E-state index contributed by atoms with van der Waals surface area (Å²) < 4.78 is 145. The van der Waals surface area contributed by atoms with Crippen LogP contribution in [0.5, 0.6) is 0 Å². The average Bonchev–Trinajstić information content (AvgIpc) is 2.83. The van der Waals surface area contributed by atoms with Crippen LogP contribution in [0, 0.1) is 0 Å². The van der Waals surface area contributed by atoms with Crippen LogP contribution in [0.15, 0.2) is 12.3 Å². The van der Waals surface area contributed by atoms with Crippen LogP contribution >= 0.6 is 0 Å². The average molecular weight is 741 g/mol. The number of halogens is 9. The number of alkyl halides is 9. The zero-order valence-corrected chi connectivity index (χ0v) is 31.6. The molecule has 2 fully saturated rings. The van der Waals surface area contributed by atoms with Gasteiger partial charge in [-0.1, -0.05) is 18.5 Å². The van der Waals surface area contributed by atoms with Crippen molar-refractivity contribution in [2.24, 2.45) is 0 Å². The third-order valence-electron chi connectivity index (χ3n) is 7.48. The third kappa shape index (κ3) is 18.4. The molecule has 0 saturated carbocycles. The summed E-state index contributed by atoms with van der Waals surface area (Å²) in [5, 5.41) is 0. The SMILES string of the molecule is C=C[Si]1(C)OCCCC[Si](C)(C)O1.C[Si]1(CCC(F)(F)F)CCCCO[Si](C)(CCC(F)(F)F)O[Si](C)(CCC(F)(F)F)O1. The van der Waals surface area contributed by atoms with E-state index in [2.05, 4.69) is 26.2 Å². The van der Waals surface area contributed by atoms with E-state index in [1.165, 1.54) is 38.5 Å². The quantitative estimate of drug-likeness (QED) is 0.192. The van der Waals surface area contributed by atoms with Gasteiger partial charge in [0.2, 0.25) is 0 Å². The maximum atomic E-state index is 12.9. The molecule has 2 heterocycles. The predicted octanol–water partition coefficient (Wildman–Crippen LogP) is 10.2. The smallest absolute Gasteiger partial charge is 0.389 e. The number of hydrogen-bond donors (Lipinski definition) is 0. The van der Waals surface area contributed by atoms with E-state index in [0.717, 1.165) is 6.61 Å². The van der Waals surface area contributed by atoms with E-state index in [1.807, 2.05) is 5.70 Å². The molecule has 2 saturated heterocycles. The third-order valence-corrected chi connectivity index (χ3v) is 27.4. The highest BCUT2D eigenvalue weighted by molar-refractivity contribution is 6.87. The molecule has 262 valence electrons. The van der Waals surface area contributed by atoms with Crippen LogP contribution in [-0.4, -0.2) is 74.1 Å². The predicted molar refractivity (Wildman–Crippen MR) is 164 cm³/mol. The molecular weight excluding hydrogens is 692 g/mol. The van der Waals surface area contributed by atoms with E-state index < -0.39 is 92.2 Å². The Morgan fingerprint density at radius 3 is 1.52 bits per heavy atom. The Morgan fingerprint density at radius 1 is 0.568 bits per heavy atom. The summed E-state index contributed by atoms with van der Waals surface area (Å²) in [6.07, 6.45) is -13.9. The van der Waals surface area contributed by atoms with Crippen molar-refractivity contribution in [2.75, 3.05) is 13.2 Å². The van der Waals surface area contributed by atoms with E-state index in [0.29, 0.717) is 12.8 Å². The lowest BCUT2D eigenvalue weighted by molar-refractivity contribution is -0.132. The van der Waals surface area contributed by atoms with Crippen molar-refractivity contribution in [3.8, 4) is 0 Å². The first-order valence-corrected chi connectivity index (χ1v) is 28.3. The van der Waals surface area contributed by atoms with Crippen LogP contribution in [0.4, 0.5) is 39.5 Å². The fraction of sp³-hybridized carbons (Fsp3) is 0.920. The first-order chi connectivity index (χ1) is 19.7. The first kappa shape index (κ1) is 42.0. The van der Waals surface area contributed by atoms with E-state index in [4.69, 9.17) is 21.2 Å². The highest BCUT2D eigenvalue weighted by Crippen LogP contribution is 2.39.